The van der Waals surface area contributed by atoms with Crippen molar-refractivity contribution in [2.45, 2.75) is 38.6 Å². The lowest BCUT2D eigenvalue weighted by Gasteiger charge is -2.08. The molecule has 160 valence electrons. The number of phenolic OH excluding ortho intramolecular Hbond substituents is 1. The smallest absolute Gasteiger partial charge is 0.342 e. The van der Waals surface area contributed by atoms with E-state index in [-0.39, 0.29) is 29.9 Å². The van der Waals surface area contributed by atoms with E-state index in [4.69, 9.17) is 0 Å². The van der Waals surface area contributed by atoms with Crippen LogP contribution >= 0.6 is 0 Å². The molecule has 4 rings (SSSR count). The van der Waals surface area contributed by atoms with Crippen LogP contribution in [0.15, 0.2) is 48.5 Å². The van der Waals surface area contributed by atoms with Gasteiger partial charge in [-0.2, -0.15) is 9.78 Å². The van der Waals surface area contributed by atoms with Gasteiger partial charge in [0.05, 0.1) is 11.4 Å². The SMILES string of the molecule is CCC(=O)Nc1ccc(-c2cc(C3CC3)n(C(=O)NCc3ccccc3F)n2)c(O)c1. The van der Waals surface area contributed by atoms with Gasteiger partial charge in [-0.3, -0.25) is 4.79 Å². The Morgan fingerprint density at radius 2 is 1.97 bits per heavy atom. The topological polar surface area (TPSA) is 96.3 Å². The Kier molecular flexibility index (Phi) is 5.70. The van der Waals surface area contributed by atoms with E-state index in [0.29, 0.717) is 28.9 Å². The Balaban J connectivity index is 1.57. The van der Waals surface area contributed by atoms with E-state index in [1.165, 1.54) is 16.8 Å². The molecule has 1 aliphatic carbocycles. The number of nitrogens with zero attached hydrogens (tertiary/aromatic N) is 2. The second kappa shape index (κ2) is 8.59. The highest BCUT2D eigenvalue weighted by molar-refractivity contribution is 5.91. The molecule has 1 aliphatic rings. The van der Waals surface area contributed by atoms with Crippen molar-refractivity contribution >= 4 is 17.6 Å². The lowest BCUT2D eigenvalue weighted by molar-refractivity contribution is -0.115. The van der Waals surface area contributed by atoms with Crippen molar-refractivity contribution < 1.29 is 19.1 Å². The molecule has 1 heterocycles. The minimum atomic E-state index is -0.456. The van der Waals surface area contributed by atoms with Gasteiger partial charge in [-0.25, -0.2) is 9.18 Å². The Morgan fingerprint density at radius 3 is 2.65 bits per heavy atom. The van der Waals surface area contributed by atoms with Crippen molar-refractivity contribution in [1.29, 1.82) is 0 Å². The fourth-order valence-corrected chi connectivity index (χ4v) is 3.32. The van der Waals surface area contributed by atoms with Gasteiger partial charge >= 0.3 is 6.03 Å². The summed E-state index contributed by atoms with van der Waals surface area (Å²) in [6.07, 6.45) is 2.25. The molecule has 2 aromatic carbocycles. The summed E-state index contributed by atoms with van der Waals surface area (Å²) in [5.41, 5.74) is 2.53. The summed E-state index contributed by atoms with van der Waals surface area (Å²) in [5, 5.41) is 20.3. The lowest BCUT2D eigenvalue weighted by atomic mass is 10.1. The summed E-state index contributed by atoms with van der Waals surface area (Å²) in [7, 11) is 0. The quantitative estimate of drug-likeness (QED) is 0.549. The van der Waals surface area contributed by atoms with Crippen molar-refractivity contribution in [1.82, 2.24) is 15.1 Å². The number of rotatable bonds is 6. The molecule has 1 saturated carbocycles. The minimum Gasteiger partial charge on any atom is -0.507 e. The first-order chi connectivity index (χ1) is 15.0. The van der Waals surface area contributed by atoms with E-state index < -0.39 is 6.03 Å². The van der Waals surface area contributed by atoms with Crippen LogP contribution in [0, 0.1) is 5.82 Å². The van der Waals surface area contributed by atoms with Crippen molar-refractivity contribution in [3.63, 3.8) is 0 Å². The number of aromatic hydroxyl groups is 1. The minimum absolute atomic E-state index is 0.0435. The van der Waals surface area contributed by atoms with Gasteiger partial charge < -0.3 is 15.7 Å². The predicted octanol–water partition coefficient (Wildman–Crippen LogP) is 4.38. The van der Waals surface area contributed by atoms with Crippen LogP contribution in [-0.2, 0) is 11.3 Å². The van der Waals surface area contributed by atoms with Gasteiger partial charge in [0, 0.05) is 41.8 Å². The molecule has 7 nitrogen and oxygen atoms in total. The van der Waals surface area contributed by atoms with Crippen molar-refractivity contribution in [2.75, 3.05) is 5.32 Å². The number of phenols is 1. The Morgan fingerprint density at radius 1 is 1.19 bits per heavy atom. The number of nitrogens with one attached hydrogen (secondary N) is 2. The molecule has 0 spiro atoms. The zero-order chi connectivity index (χ0) is 22.0. The number of aromatic nitrogens is 2. The third-order valence-corrected chi connectivity index (χ3v) is 5.19. The summed E-state index contributed by atoms with van der Waals surface area (Å²) < 4.78 is 15.1. The van der Waals surface area contributed by atoms with Crippen LogP contribution in [0.4, 0.5) is 14.9 Å². The number of anilines is 1. The Hall–Kier alpha value is -3.68. The van der Waals surface area contributed by atoms with Crippen LogP contribution in [0.5, 0.6) is 5.75 Å². The summed E-state index contributed by atoms with van der Waals surface area (Å²) >= 11 is 0. The highest BCUT2D eigenvalue weighted by Crippen LogP contribution is 2.42. The molecule has 8 heteroatoms. The first-order valence-electron chi connectivity index (χ1n) is 10.2. The fraction of sp³-hybridized carbons (Fsp3) is 0.261. The first kappa shape index (κ1) is 20.6. The van der Waals surface area contributed by atoms with Crippen LogP contribution in [0.3, 0.4) is 0 Å². The van der Waals surface area contributed by atoms with E-state index in [0.717, 1.165) is 18.5 Å². The van der Waals surface area contributed by atoms with Crippen LogP contribution in [-0.4, -0.2) is 26.8 Å². The highest BCUT2D eigenvalue weighted by Gasteiger charge is 2.30. The third-order valence-electron chi connectivity index (χ3n) is 5.19. The van der Waals surface area contributed by atoms with Crippen LogP contribution in [0.1, 0.15) is 43.4 Å². The molecule has 3 aromatic rings. The zero-order valence-corrected chi connectivity index (χ0v) is 17.1. The fourth-order valence-electron chi connectivity index (χ4n) is 3.32. The molecule has 0 aliphatic heterocycles. The molecule has 31 heavy (non-hydrogen) atoms. The molecule has 0 saturated heterocycles. The Labute approximate surface area is 178 Å². The molecule has 2 amide bonds. The summed E-state index contributed by atoms with van der Waals surface area (Å²) in [4.78, 5) is 24.3. The largest absolute Gasteiger partial charge is 0.507 e. The number of hydrogen-bond acceptors (Lipinski definition) is 4. The third kappa shape index (κ3) is 4.58. The van der Waals surface area contributed by atoms with E-state index in [1.807, 2.05) is 0 Å². The van der Waals surface area contributed by atoms with Crippen molar-refractivity contribution in [3.05, 3.63) is 65.6 Å². The predicted molar refractivity (Wildman–Crippen MR) is 114 cm³/mol. The lowest BCUT2D eigenvalue weighted by Crippen LogP contribution is -2.30. The van der Waals surface area contributed by atoms with Gasteiger partial charge in [0.2, 0.25) is 5.91 Å². The van der Waals surface area contributed by atoms with Gasteiger partial charge in [-0.1, -0.05) is 25.1 Å². The molecular formula is C23H23FN4O3. The molecular weight excluding hydrogens is 399 g/mol. The molecule has 0 atom stereocenters. The average molecular weight is 422 g/mol. The van der Waals surface area contributed by atoms with E-state index in [1.54, 1.807) is 43.3 Å². The van der Waals surface area contributed by atoms with E-state index in [2.05, 4.69) is 15.7 Å². The van der Waals surface area contributed by atoms with E-state index >= 15 is 0 Å². The maximum Gasteiger partial charge on any atom is 0.342 e. The maximum absolute atomic E-state index is 13.8. The average Bonchev–Trinajstić information content (AvgIpc) is 3.51. The number of benzene rings is 2. The normalized spacial score (nSPS) is 13.1. The van der Waals surface area contributed by atoms with Crippen molar-refractivity contribution in [2.24, 2.45) is 0 Å². The number of hydrogen-bond donors (Lipinski definition) is 3. The van der Waals surface area contributed by atoms with Gasteiger partial charge in [-0.15, -0.1) is 0 Å². The van der Waals surface area contributed by atoms with Crippen LogP contribution in [0.25, 0.3) is 11.3 Å². The van der Waals surface area contributed by atoms with E-state index in [9.17, 15) is 19.1 Å². The molecule has 1 fully saturated rings. The van der Waals surface area contributed by atoms with Gasteiger partial charge in [0.15, 0.2) is 0 Å². The number of carbonyl (C=O) groups excluding carboxylic acids is 2. The molecule has 0 radical (unpaired) electrons. The molecule has 0 bridgehead atoms. The van der Waals surface area contributed by atoms with Crippen molar-refractivity contribution in [3.8, 4) is 17.0 Å². The zero-order valence-electron chi connectivity index (χ0n) is 17.1. The summed E-state index contributed by atoms with van der Waals surface area (Å²) in [5.74, 6) is -0.357. The molecule has 1 aromatic heterocycles. The first-order valence-corrected chi connectivity index (χ1v) is 10.2. The highest BCUT2D eigenvalue weighted by atomic mass is 19.1. The van der Waals surface area contributed by atoms with Crippen LogP contribution in [0.2, 0.25) is 0 Å². The summed E-state index contributed by atoms with van der Waals surface area (Å²) in [6.45, 7) is 1.79. The second-order valence-corrected chi connectivity index (χ2v) is 7.52. The number of carbonyl (C=O) groups is 2. The summed E-state index contributed by atoms with van der Waals surface area (Å²) in [6, 6.07) is 12.4. The number of amides is 2. The van der Waals surface area contributed by atoms with Gasteiger partial charge in [0.25, 0.3) is 0 Å². The standard InChI is InChI=1S/C23H23FN4O3/c1-2-22(30)26-16-9-10-17(21(29)11-16)19-12-20(14-7-8-14)28(27-19)23(31)25-13-15-5-3-4-6-18(15)24/h3-6,9-12,14,29H,2,7-8,13H2,1H3,(H,25,31)(H,26,30). The monoisotopic (exact) mass is 422 g/mol. The molecule has 0 unspecified atom stereocenters. The van der Waals surface area contributed by atoms with Gasteiger partial charge in [-0.05, 0) is 37.1 Å². The van der Waals surface area contributed by atoms with Crippen LogP contribution < -0.4 is 10.6 Å². The number of halogens is 1. The Bertz CT molecular complexity index is 1140. The second-order valence-electron chi connectivity index (χ2n) is 7.52. The molecule has 3 N–H and O–H groups in total. The maximum atomic E-state index is 13.8. The van der Waals surface area contributed by atoms with Gasteiger partial charge in [0.1, 0.15) is 11.6 Å².